The first-order chi connectivity index (χ1) is 8.22. The van der Waals surface area contributed by atoms with Crippen molar-refractivity contribution >= 4 is 11.6 Å². The van der Waals surface area contributed by atoms with E-state index in [0.29, 0.717) is 5.69 Å². The van der Waals surface area contributed by atoms with Gasteiger partial charge in [0.1, 0.15) is 0 Å². The molecule has 2 N–H and O–H groups in total. The van der Waals surface area contributed by atoms with E-state index in [1.54, 1.807) is 30.6 Å². The molecule has 1 aromatic heterocycles. The van der Waals surface area contributed by atoms with Crippen molar-refractivity contribution in [3.63, 3.8) is 0 Å². The van der Waals surface area contributed by atoms with Gasteiger partial charge >= 0.3 is 0 Å². The van der Waals surface area contributed by atoms with Crippen LogP contribution in [0, 0.1) is 0 Å². The van der Waals surface area contributed by atoms with E-state index in [1.165, 1.54) is 0 Å². The second-order valence-electron chi connectivity index (χ2n) is 3.84. The molecule has 0 aromatic carbocycles. The van der Waals surface area contributed by atoms with Gasteiger partial charge in [-0.25, -0.2) is 0 Å². The van der Waals surface area contributed by atoms with Crippen LogP contribution >= 0.6 is 0 Å². The summed E-state index contributed by atoms with van der Waals surface area (Å²) in [7, 11) is 0. The lowest BCUT2D eigenvalue weighted by Gasteiger charge is -2.05. The van der Waals surface area contributed by atoms with Crippen molar-refractivity contribution in [3.05, 3.63) is 36.3 Å². The second-order valence-corrected chi connectivity index (χ2v) is 3.84. The van der Waals surface area contributed by atoms with Crippen molar-refractivity contribution in [1.29, 1.82) is 0 Å². The number of hydrogen-bond acceptors (Lipinski definition) is 3. The highest BCUT2D eigenvalue weighted by molar-refractivity contribution is 5.99. The number of carbonyl (C=O) groups excluding carboxylic acids is 1. The number of amides is 1. The van der Waals surface area contributed by atoms with E-state index in [9.17, 15) is 4.79 Å². The Morgan fingerprint density at radius 3 is 3.00 bits per heavy atom. The second kappa shape index (κ2) is 7.44. The van der Waals surface area contributed by atoms with Crippen LogP contribution in [0.1, 0.15) is 26.7 Å². The summed E-state index contributed by atoms with van der Waals surface area (Å²) in [6.45, 7) is 4.92. The van der Waals surface area contributed by atoms with Gasteiger partial charge in [-0.15, -0.1) is 0 Å². The maximum absolute atomic E-state index is 11.6. The fourth-order valence-corrected chi connectivity index (χ4v) is 1.33. The Bertz CT molecular complexity index is 374. The molecule has 17 heavy (non-hydrogen) atoms. The normalized spacial score (nSPS) is 11.1. The zero-order valence-corrected chi connectivity index (χ0v) is 10.4. The number of aromatic nitrogens is 1. The summed E-state index contributed by atoms with van der Waals surface area (Å²) in [5, 5.41) is 5.93. The molecule has 0 bridgehead atoms. The number of pyridine rings is 1. The Labute approximate surface area is 102 Å². The van der Waals surface area contributed by atoms with Crippen LogP contribution in [-0.4, -0.2) is 17.4 Å². The van der Waals surface area contributed by atoms with Crippen molar-refractivity contribution in [2.45, 2.75) is 26.7 Å². The lowest BCUT2D eigenvalue weighted by Crippen LogP contribution is -2.16. The van der Waals surface area contributed by atoms with Gasteiger partial charge in [0.25, 0.3) is 0 Å². The number of nitrogens with one attached hydrogen (secondary N) is 2. The molecule has 0 saturated carbocycles. The molecule has 0 fully saturated rings. The minimum Gasteiger partial charge on any atom is -0.388 e. The predicted molar refractivity (Wildman–Crippen MR) is 69.5 cm³/mol. The standard InChI is InChI=1S/C13H19N3O/c1-3-4-8-15-11(2)9-13(17)16-12-6-5-7-14-10-12/h5-7,9-10,15H,3-4,8H2,1-2H3,(H,16,17). The first-order valence-electron chi connectivity index (χ1n) is 5.85. The highest BCUT2D eigenvalue weighted by Crippen LogP contribution is 2.02. The van der Waals surface area contributed by atoms with E-state index < -0.39 is 0 Å². The van der Waals surface area contributed by atoms with Crippen molar-refractivity contribution in [2.24, 2.45) is 0 Å². The van der Waals surface area contributed by atoms with Gasteiger partial charge in [-0.05, 0) is 25.5 Å². The fraction of sp³-hybridized carbons (Fsp3) is 0.385. The minimum absolute atomic E-state index is 0.139. The number of anilines is 1. The monoisotopic (exact) mass is 233 g/mol. The van der Waals surface area contributed by atoms with Crippen molar-refractivity contribution in [2.75, 3.05) is 11.9 Å². The Hall–Kier alpha value is -1.84. The number of unbranched alkanes of at least 4 members (excludes halogenated alkanes) is 1. The van der Waals surface area contributed by atoms with Gasteiger partial charge in [0.05, 0.1) is 11.9 Å². The van der Waals surface area contributed by atoms with Crippen molar-refractivity contribution in [3.8, 4) is 0 Å². The summed E-state index contributed by atoms with van der Waals surface area (Å²) in [6.07, 6.45) is 7.09. The lowest BCUT2D eigenvalue weighted by molar-refractivity contribution is -0.112. The maximum atomic E-state index is 11.6. The maximum Gasteiger partial charge on any atom is 0.250 e. The van der Waals surface area contributed by atoms with E-state index in [1.807, 2.05) is 6.92 Å². The number of carbonyl (C=O) groups is 1. The Balaban J connectivity index is 2.40. The third kappa shape index (κ3) is 5.70. The van der Waals surface area contributed by atoms with Crippen LogP contribution in [0.25, 0.3) is 0 Å². The Morgan fingerprint density at radius 2 is 2.35 bits per heavy atom. The number of nitrogens with zero attached hydrogens (tertiary/aromatic N) is 1. The third-order valence-electron chi connectivity index (χ3n) is 2.21. The smallest absolute Gasteiger partial charge is 0.250 e. The molecule has 0 unspecified atom stereocenters. The van der Waals surface area contributed by atoms with Crippen molar-refractivity contribution in [1.82, 2.24) is 10.3 Å². The highest BCUT2D eigenvalue weighted by Gasteiger charge is 1.98. The molecule has 0 aliphatic rings. The number of allylic oxidation sites excluding steroid dienone is 1. The molecule has 1 rings (SSSR count). The molecule has 1 amide bonds. The molecule has 0 spiro atoms. The van der Waals surface area contributed by atoms with Crippen LogP contribution in [0.3, 0.4) is 0 Å². The molecule has 1 heterocycles. The zero-order valence-electron chi connectivity index (χ0n) is 10.4. The van der Waals surface area contributed by atoms with Gasteiger partial charge in [0, 0.05) is 24.5 Å². The average Bonchev–Trinajstić information content (AvgIpc) is 2.30. The molecular weight excluding hydrogens is 214 g/mol. The molecule has 92 valence electrons. The molecule has 0 radical (unpaired) electrons. The summed E-state index contributed by atoms with van der Waals surface area (Å²) in [6, 6.07) is 3.59. The summed E-state index contributed by atoms with van der Waals surface area (Å²) in [5.41, 5.74) is 1.58. The lowest BCUT2D eigenvalue weighted by atomic mass is 10.3. The third-order valence-corrected chi connectivity index (χ3v) is 2.21. The molecule has 0 atom stereocenters. The minimum atomic E-state index is -0.139. The largest absolute Gasteiger partial charge is 0.388 e. The molecule has 0 aliphatic heterocycles. The van der Waals surface area contributed by atoms with Gasteiger partial charge in [-0.1, -0.05) is 13.3 Å². The zero-order chi connectivity index (χ0) is 12.5. The molecule has 1 aromatic rings. The quantitative estimate of drug-likeness (QED) is 0.585. The number of rotatable bonds is 6. The average molecular weight is 233 g/mol. The van der Waals surface area contributed by atoms with Gasteiger partial charge in [-0.3, -0.25) is 9.78 Å². The molecule has 4 nitrogen and oxygen atoms in total. The summed E-state index contributed by atoms with van der Waals surface area (Å²) in [4.78, 5) is 15.5. The first kappa shape index (κ1) is 13.2. The van der Waals surface area contributed by atoms with E-state index in [-0.39, 0.29) is 5.91 Å². The van der Waals surface area contributed by atoms with E-state index in [2.05, 4.69) is 22.5 Å². The SMILES string of the molecule is CCCCNC(C)=CC(=O)Nc1cccnc1. The van der Waals surface area contributed by atoms with Crippen LogP contribution in [0.2, 0.25) is 0 Å². The molecular formula is C13H19N3O. The summed E-state index contributed by atoms with van der Waals surface area (Å²) >= 11 is 0. The molecule has 0 aliphatic carbocycles. The Kier molecular flexibility index (Phi) is 5.79. The van der Waals surface area contributed by atoms with Crippen LogP contribution < -0.4 is 10.6 Å². The van der Waals surface area contributed by atoms with Gasteiger partial charge in [-0.2, -0.15) is 0 Å². The van der Waals surface area contributed by atoms with Crippen LogP contribution in [0.15, 0.2) is 36.3 Å². The molecule has 4 heteroatoms. The van der Waals surface area contributed by atoms with Crippen LogP contribution in [-0.2, 0) is 4.79 Å². The first-order valence-corrected chi connectivity index (χ1v) is 5.85. The summed E-state index contributed by atoms with van der Waals surface area (Å²) < 4.78 is 0. The van der Waals surface area contributed by atoms with Gasteiger partial charge in [0.2, 0.25) is 5.91 Å². The van der Waals surface area contributed by atoms with E-state index in [4.69, 9.17) is 0 Å². The van der Waals surface area contributed by atoms with Crippen molar-refractivity contribution < 1.29 is 4.79 Å². The number of hydrogen-bond donors (Lipinski definition) is 2. The summed E-state index contributed by atoms with van der Waals surface area (Å²) in [5.74, 6) is -0.139. The van der Waals surface area contributed by atoms with Crippen LogP contribution in [0.5, 0.6) is 0 Å². The predicted octanol–water partition coefficient (Wildman–Crippen LogP) is 2.31. The highest BCUT2D eigenvalue weighted by atomic mass is 16.1. The van der Waals surface area contributed by atoms with E-state index >= 15 is 0 Å². The fourth-order valence-electron chi connectivity index (χ4n) is 1.33. The molecule has 0 saturated heterocycles. The van der Waals surface area contributed by atoms with Crippen LogP contribution in [0.4, 0.5) is 5.69 Å². The topological polar surface area (TPSA) is 54.0 Å². The van der Waals surface area contributed by atoms with E-state index in [0.717, 1.165) is 25.1 Å². The van der Waals surface area contributed by atoms with Gasteiger partial charge in [0.15, 0.2) is 0 Å². The van der Waals surface area contributed by atoms with Gasteiger partial charge < -0.3 is 10.6 Å². The Morgan fingerprint density at radius 1 is 1.53 bits per heavy atom.